The highest BCUT2D eigenvalue weighted by Gasteiger charge is 2.24. The Morgan fingerprint density at radius 1 is 1.19 bits per heavy atom. The Kier molecular flexibility index (Phi) is 5.38. The Morgan fingerprint density at radius 3 is 2.72 bits per heavy atom. The maximum Gasteiger partial charge on any atom is 0.353 e. The molecule has 0 aliphatic carbocycles. The third-order valence-electron chi connectivity index (χ3n) is 5.50. The molecule has 10 heteroatoms. The maximum atomic E-state index is 13.2. The Hall–Kier alpha value is -3.27. The van der Waals surface area contributed by atoms with Crippen LogP contribution in [0, 0.1) is 0 Å². The molecule has 9 nitrogen and oxygen atoms in total. The SMILES string of the molecule is Nc1nc(-c2ccccc2)c(-c2cc(Cl)nc(CO)c2)c2nn(C[C@H]3CCCO3)c(=O)n12. The largest absolute Gasteiger partial charge is 0.390 e. The standard InChI is InChI=1S/C22H21ClN6O3/c23-17-10-14(9-15(12-30)25-17)18-19(13-5-2-1-3-6-13)26-21(24)29-20(18)27-28(22(29)31)11-16-7-4-8-32-16/h1-3,5-6,9-10,16,30H,4,7-8,11-12H2,(H2,24,26)/t16-/m1/s1. The lowest BCUT2D eigenvalue weighted by molar-refractivity contribution is 0.0931. The fourth-order valence-electron chi connectivity index (χ4n) is 4.05. The first-order chi connectivity index (χ1) is 15.5. The van der Waals surface area contributed by atoms with Gasteiger partial charge in [-0.1, -0.05) is 41.9 Å². The molecule has 32 heavy (non-hydrogen) atoms. The quantitative estimate of drug-likeness (QED) is 0.446. The zero-order valence-corrected chi connectivity index (χ0v) is 17.9. The molecule has 1 aliphatic heterocycles. The van der Waals surface area contributed by atoms with Crippen LogP contribution < -0.4 is 11.4 Å². The molecular formula is C22H21ClN6O3. The number of aromatic nitrogens is 5. The van der Waals surface area contributed by atoms with Gasteiger partial charge in [-0.3, -0.25) is 0 Å². The summed E-state index contributed by atoms with van der Waals surface area (Å²) in [5.41, 5.74) is 9.15. The first kappa shape index (κ1) is 20.6. The van der Waals surface area contributed by atoms with Crippen molar-refractivity contribution in [2.45, 2.75) is 32.1 Å². The van der Waals surface area contributed by atoms with Crippen molar-refractivity contribution < 1.29 is 9.84 Å². The molecule has 4 aromatic rings. The molecule has 0 radical (unpaired) electrons. The van der Waals surface area contributed by atoms with Crippen molar-refractivity contribution in [3.8, 4) is 22.4 Å². The summed E-state index contributed by atoms with van der Waals surface area (Å²) < 4.78 is 8.35. The van der Waals surface area contributed by atoms with Gasteiger partial charge in [-0.2, -0.15) is 0 Å². The van der Waals surface area contributed by atoms with Gasteiger partial charge < -0.3 is 15.6 Å². The van der Waals surface area contributed by atoms with Crippen LogP contribution in [0.5, 0.6) is 0 Å². The normalized spacial score (nSPS) is 16.1. The van der Waals surface area contributed by atoms with Gasteiger partial charge in [-0.25, -0.2) is 23.8 Å². The lowest BCUT2D eigenvalue weighted by atomic mass is 10.00. The first-order valence-electron chi connectivity index (χ1n) is 10.3. The number of hydrogen-bond acceptors (Lipinski definition) is 7. The van der Waals surface area contributed by atoms with Crippen LogP contribution in [0.25, 0.3) is 28.0 Å². The molecule has 1 saturated heterocycles. The number of fused-ring (bicyclic) bond motifs is 1. The molecule has 1 aromatic carbocycles. The number of anilines is 1. The fraction of sp³-hybridized carbons (Fsp3) is 0.273. The lowest BCUT2D eigenvalue weighted by Gasteiger charge is -2.13. The minimum absolute atomic E-state index is 0.0359. The van der Waals surface area contributed by atoms with E-state index in [9.17, 15) is 9.90 Å². The molecule has 1 fully saturated rings. The Labute approximate surface area is 188 Å². The minimum Gasteiger partial charge on any atom is -0.390 e. The van der Waals surface area contributed by atoms with Gasteiger partial charge in [0.2, 0.25) is 5.95 Å². The van der Waals surface area contributed by atoms with Crippen molar-refractivity contribution in [3.63, 3.8) is 0 Å². The van der Waals surface area contributed by atoms with Crippen LogP contribution in [-0.2, 0) is 17.9 Å². The van der Waals surface area contributed by atoms with E-state index in [2.05, 4.69) is 15.1 Å². The maximum absolute atomic E-state index is 13.2. The number of nitrogens with two attached hydrogens (primary N) is 1. The van der Waals surface area contributed by atoms with Crippen LogP contribution >= 0.6 is 11.6 Å². The van der Waals surface area contributed by atoms with Crippen LogP contribution in [0.3, 0.4) is 0 Å². The van der Waals surface area contributed by atoms with Crippen molar-refractivity contribution in [1.82, 2.24) is 24.1 Å². The predicted molar refractivity (Wildman–Crippen MR) is 120 cm³/mol. The van der Waals surface area contributed by atoms with Crippen LogP contribution in [0.15, 0.2) is 47.3 Å². The summed E-state index contributed by atoms with van der Waals surface area (Å²) in [4.78, 5) is 21.9. The van der Waals surface area contributed by atoms with Gasteiger partial charge in [-0.15, -0.1) is 5.10 Å². The summed E-state index contributed by atoms with van der Waals surface area (Å²) >= 11 is 6.23. The number of hydrogen-bond donors (Lipinski definition) is 2. The smallest absolute Gasteiger partial charge is 0.353 e. The van der Waals surface area contributed by atoms with Gasteiger partial charge in [0.05, 0.1) is 36.2 Å². The van der Waals surface area contributed by atoms with Crippen LogP contribution in [-0.4, -0.2) is 42.0 Å². The van der Waals surface area contributed by atoms with Gasteiger partial charge in [0.1, 0.15) is 5.15 Å². The highest BCUT2D eigenvalue weighted by Crippen LogP contribution is 2.35. The van der Waals surface area contributed by atoms with Gasteiger partial charge in [0, 0.05) is 12.2 Å². The summed E-state index contributed by atoms with van der Waals surface area (Å²) in [5.74, 6) is 0.0359. The Morgan fingerprint density at radius 2 is 2.00 bits per heavy atom. The molecule has 1 aliphatic rings. The van der Waals surface area contributed by atoms with E-state index < -0.39 is 0 Å². The molecule has 1 atom stereocenters. The summed E-state index contributed by atoms with van der Waals surface area (Å²) in [6, 6.07) is 12.8. The molecule has 0 bridgehead atoms. The number of halogens is 1. The van der Waals surface area contributed by atoms with E-state index in [1.54, 1.807) is 12.1 Å². The minimum atomic E-state index is -0.385. The van der Waals surface area contributed by atoms with Crippen LogP contribution in [0.1, 0.15) is 18.5 Å². The zero-order valence-electron chi connectivity index (χ0n) is 17.1. The average molecular weight is 453 g/mol. The molecule has 4 heterocycles. The van der Waals surface area contributed by atoms with E-state index in [-0.39, 0.29) is 29.5 Å². The molecule has 5 rings (SSSR count). The van der Waals surface area contributed by atoms with Gasteiger partial charge >= 0.3 is 5.69 Å². The monoisotopic (exact) mass is 452 g/mol. The summed E-state index contributed by atoms with van der Waals surface area (Å²) in [6.07, 6.45) is 1.76. The van der Waals surface area contributed by atoms with Gasteiger partial charge in [0.25, 0.3) is 0 Å². The molecule has 3 aromatic heterocycles. The molecule has 0 unspecified atom stereocenters. The number of ether oxygens (including phenoxy) is 1. The van der Waals surface area contributed by atoms with Crippen LogP contribution in [0.2, 0.25) is 5.15 Å². The number of nitrogens with zero attached hydrogens (tertiary/aromatic N) is 5. The zero-order chi connectivity index (χ0) is 22.2. The molecule has 0 spiro atoms. The van der Waals surface area contributed by atoms with Crippen molar-refractivity contribution in [1.29, 1.82) is 0 Å². The van der Waals surface area contributed by atoms with E-state index in [0.717, 1.165) is 18.4 Å². The Balaban J connectivity index is 1.81. The second-order valence-corrected chi connectivity index (χ2v) is 8.03. The number of aliphatic hydroxyl groups is 1. The molecule has 0 saturated carbocycles. The molecule has 164 valence electrons. The third kappa shape index (κ3) is 3.64. The molecular weight excluding hydrogens is 432 g/mol. The topological polar surface area (TPSA) is 121 Å². The Bertz CT molecular complexity index is 1350. The fourth-order valence-corrected chi connectivity index (χ4v) is 4.28. The van der Waals surface area contributed by atoms with Gasteiger partial charge in [0.15, 0.2) is 5.65 Å². The van der Waals surface area contributed by atoms with E-state index in [1.807, 2.05) is 30.3 Å². The lowest BCUT2D eigenvalue weighted by Crippen LogP contribution is -2.28. The van der Waals surface area contributed by atoms with E-state index in [4.69, 9.17) is 22.1 Å². The number of benzene rings is 1. The highest BCUT2D eigenvalue weighted by molar-refractivity contribution is 6.29. The number of aliphatic hydroxyl groups excluding tert-OH is 1. The summed E-state index contributed by atoms with van der Waals surface area (Å²) in [7, 11) is 0. The highest BCUT2D eigenvalue weighted by atomic mass is 35.5. The van der Waals surface area contributed by atoms with Crippen LogP contribution in [0.4, 0.5) is 5.95 Å². The van der Waals surface area contributed by atoms with Gasteiger partial charge in [-0.05, 0) is 30.5 Å². The van der Waals surface area contributed by atoms with Crippen molar-refractivity contribution >= 4 is 23.2 Å². The van der Waals surface area contributed by atoms with E-state index in [1.165, 1.54) is 9.08 Å². The van der Waals surface area contributed by atoms with E-state index >= 15 is 0 Å². The predicted octanol–water partition coefficient (Wildman–Crippen LogP) is 2.53. The van der Waals surface area contributed by atoms with E-state index in [0.29, 0.717) is 41.3 Å². The van der Waals surface area contributed by atoms with Crippen molar-refractivity contribution in [2.24, 2.45) is 0 Å². The van der Waals surface area contributed by atoms with Crippen molar-refractivity contribution in [2.75, 3.05) is 12.3 Å². The molecule has 0 amide bonds. The summed E-state index contributed by atoms with van der Waals surface area (Å²) in [6.45, 7) is 0.728. The van der Waals surface area contributed by atoms with Crippen molar-refractivity contribution in [3.05, 3.63) is 63.8 Å². The number of nitrogen functional groups attached to an aromatic ring is 1. The summed E-state index contributed by atoms with van der Waals surface area (Å²) in [5, 5.41) is 14.5. The number of pyridine rings is 1. The second kappa shape index (κ2) is 8.34. The number of rotatable bonds is 5. The third-order valence-corrected chi connectivity index (χ3v) is 5.69. The average Bonchev–Trinajstić information content (AvgIpc) is 3.42. The molecule has 3 N–H and O–H groups in total. The first-order valence-corrected chi connectivity index (χ1v) is 10.7. The second-order valence-electron chi connectivity index (χ2n) is 7.65.